The smallest absolute Gasteiger partial charge is 0.161 e. The Hall–Kier alpha value is -2.73. The molecule has 2 rings (SSSR count). The van der Waals surface area contributed by atoms with Gasteiger partial charge in [-0.2, -0.15) is 5.26 Å². The molecule has 0 saturated carbocycles. The molecule has 0 amide bonds. The summed E-state index contributed by atoms with van der Waals surface area (Å²) >= 11 is 0. The average molecular weight is 279 g/mol. The van der Waals surface area contributed by atoms with Crippen molar-refractivity contribution in [2.75, 3.05) is 6.61 Å². The molecule has 0 spiro atoms. The Labute approximate surface area is 124 Å². The SMILES string of the molecule is CCOc1cc(/C=C(\C#N)c2ccc(C)cc2)ccc1O. The van der Waals surface area contributed by atoms with Crippen molar-refractivity contribution in [1.82, 2.24) is 0 Å². The summed E-state index contributed by atoms with van der Waals surface area (Å²) < 4.78 is 5.35. The lowest BCUT2D eigenvalue weighted by Crippen LogP contribution is -1.92. The van der Waals surface area contributed by atoms with Crippen molar-refractivity contribution < 1.29 is 9.84 Å². The van der Waals surface area contributed by atoms with Gasteiger partial charge in [0.15, 0.2) is 11.5 Å². The Morgan fingerprint density at radius 1 is 1.24 bits per heavy atom. The van der Waals surface area contributed by atoms with Gasteiger partial charge >= 0.3 is 0 Å². The molecule has 106 valence electrons. The Kier molecular flexibility index (Phi) is 4.63. The van der Waals surface area contributed by atoms with Crippen LogP contribution in [0.2, 0.25) is 0 Å². The second kappa shape index (κ2) is 6.62. The lowest BCUT2D eigenvalue weighted by molar-refractivity contribution is 0.318. The molecule has 0 aliphatic carbocycles. The normalized spacial score (nSPS) is 11.0. The standard InChI is InChI=1S/C18H17NO2/c1-3-21-18-11-14(6-9-17(18)20)10-16(12-19)15-7-4-13(2)5-8-15/h4-11,20H,3H2,1-2H3/b16-10+. The molecule has 0 fully saturated rings. The lowest BCUT2D eigenvalue weighted by Gasteiger charge is -2.07. The van der Waals surface area contributed by atoms with Crippen LogP contribution in [0.4, 0.5) is 0 Å². The molecule has 3 nitrogen and oxygen atoms in total. The van der Waals surface area contributed by atoms with Gasteiger partial charge in [-0.3, -0.25) is 0 Å². The number of phenolic OH excluding ortho intramolecular Hbond substituents is 1. The van der Waals surface area contributed by atoms with Crippen molar-refractivity contribution in [2.24, 2.45) is 0 Å². The van der Waals surface area contributed by atoms with Crippen LogP contribution >= 0.6 is 0 Å². The second-order valence-corrected chi connectivity index (χ2v) is 4.70. The number of benzene rings is 2. The molecule has 2 aromatic rings. The first-order chi connectivity index (χ1) is 10.1. The van der Waals surface area contributed by atoms with Crippen LogP contribution in [0.5, 0.6) is 11.5 Å². The van der Waals surface area contributed by atoms with Crippen molar-refractivity contribution in [3.63, 3.8) is 0 Å². The summed E-state index contributed by atoms with van der Waals surface area (Å²) in [7, 11) is 0. The molecule has 2 aromatic carbocycles. The van der Waals surface area contributed by atoms with E-state index in [-0.39, 0.29) is 5.75 Å². The molecule has 0 atom stereocenters. The summed E-state index contributed by atoms with van der Waals surface area (Å²) in [5.41, 5.74) is 3.41. The molecule has 0 unspecified atom stereocenters. The first kappa shape index (κ1) is 14.7. The predicted molar refractivity (Wildman–Crippen MR) is 83.9 cm³/mol. The first-order valence-corrected chi connectivity index (χ1v) is 6.78. The van der Waals surface area contributed by atoms with Crippen molar-refractivity contribution in [3.8, 4) is 17.6 Å². The first-order valence-electron chi connectivity index (χ1n) is 6.78. The number of nitriles is 1. The molecule has 0 aliphatic rings. The molecular formula is C18H17NO2. The summed E-state index contributed by atoms with van der Waals surface area (Å²) in [6.07, 6.45) is 1.78. The molecule has 0 heterocycles. The average Bonchev–Trinajstić information content (AvgIpc) is 2.49. The fraction of sp³-hybridized carbons (Fsp3) is 0.167. The van der Waals surface area contributed by atoms with Crippen molar-refractivity contribution in [2.45, 2.75) is 13.8 Å². The van der Waals surface area contributed by atoms with E-state index >= 15 is 0 Å². The molecular weight excluding hydrogens is 262 g/mol. The van der Waals surface area contributed by atoms with Gasteiger partial charge in [0, 0.05) is 0 Å². The van der Waals surface area contributed by atoms with Gasteiger partial charge in [-0.05, 0) is 43.2 Å². The van der Waals surface area contributed by atoms with Crippen LogP contribution in [0.3, 0.4) is 0 Å². The van der Waals surface area contributed by atoms with E-state index in [4.69, 9.17) is 4.74 Å². The summed E-state index contributed by atoms with van der Waals surface area (Å²) in [6.45, 7) is 4.34. The van der Waals surface area contributed by atoms with Crippen molar-refractivity contribution >= 4 is 11.6 Å². The Balaban J connectivity index is 2.38. The minimum Gasteiger partial charge on any atom is -0.504 e. The molecule has 0 aromatic heterocycles. The van der Waals surface area contributed by atoms with Gasteiger partial charge in [0.25, 0.3) is 0 Å². The van der Waals surface area contributed by atoms with Crippen LogP contribution in [0.15, 0.2) is 42.5 Å². The molecule has 0 bridgehead atoms. The van der Waals surface area contributed by atoms with E-state index in [9.17, 15) is 10.4 Å². The number of aromatic hydroxyl groups is 1. The number of hydrogen-bond acceptors (Lipinski definition) is 3. The maximum Gasteiger partial charge on any atom is 0.161 e. The number of rotatable bonds is 4. The van der Waals surface area contributed by atoms with E-state index in [2.05, 4.69) is 6.07 Å². The lowest BCUT2D eigenvalue weighted by atomic mass is 10.0. The number of phenols is 1. The third kappa shape index (κ3) is 3.64. The molecule has 0 radical (unpaired) electrons. The van der Waals surface area contributed by atoms with Crippen LogP contribution in [0.1, 0.15) is 23.6 Å². The second-order valence-electron chi connectivity index (χ2n) is 4.70. The van der Waals surface area contributed by atoms with Gasteiger partial charge in [-0.1, -0.05) is 35.9 Å². The van der Waals surface area contributed by atoms with Gasteiger partial charge in [0.05, 0.1) is 18.2 Å². The highest BCUT2D eigenvalue weighted by atomic mass is 16.5. The maximum absolute atomic E-state index is 9.69. The fourth-order valence-corrected chi connectivity index (χ4v) is 1.97. The van der Waals surface area contributed by atoms with Crippen LogP contribution in [-0.4, -0.2) is 11.7 Å². The van der Waals surface area contributed by atoms with E-state index in [1.54, 1.807) is 24.3 Å². The third-order valence-corrected chi connectivity index (χ3v) is 3.08. The minimum absolute atomic E-state index is 0.0999. The number of aryl methyl sites for hydroxylation is 1. The van der Waals surface area contributed by atoms with Crippen LogP contribution in [-0.2, 0) is 0 Å². The largest absolute Gasteiger partial charge is 0.504 e. The highest BCUT2D eigenvalue weighted by Crippen LogP contribution is 2.28. The Morgan fingerprint density at radius 3 is 2.57 bits per heavy atom. The van der Waals surface area contributed by atoms with Crippen LogP contribution in [0, 0.1) is 18.3 Å². The predicted octanol–water partition coefficient (Wildman–Crippen LogP) is 4.16. The van der Waals surface area contributed by atoms with E-state index in [1.807, 2.05) is 38.1 Å². The highest BCUT2D eigenvalue weighted by Gasteiger charge is 2.05. The summed E-state index contributed by atoms with van der Waals surface area (Å²) in [4.78, 5) is 0. The Morgan fingerprint density at radius 2 is 1.95 bits per heavy atom. The van der Waals surface area contributed by atoms with Gasteiger partial charge in [-0.15, -0.1) is 0 Å². The summed E-state index contributed by atoms with van der Waals surface area (Å²) in [5, 5.41) is 19.0. The summed E-state index contributed by atoms with van der Waals surface area (Å²) in [6, 6.07) is 15.1. The topological polar surface area (TPSA) is 53.2 Å². The third-order valence-electron chi connectivity index (χ3n) is 3.08. The fourth-order valence-electron chi connectivity index (χ4n) is 1.97. The number of nitrogens with zero attached hydrogens (tertiary/aromatic N) is 1. The quantitative estimate of drug-likeness (QED) is 0.675. The van der Waals surface area contributed by atoms with Gasteiger partial charge in [-0.25, -0.2) is 0 Å². The van der Waals surface area contributed by atoms with E-state index in [0.717, 1.165) is 16.7 Å². The minimum atomic E-state index is 0.0999. The monoisotopic (exact) mass is 279 g/mol. The number of allylic oxidation sites excluding steroid dienone is 1. The Bertz CT molecular complexity index is 694. The zero-order valence-corrected chi connectivity index (χ0v) is 12.1. The van der Waals surface area contributed by atoms with E-state index in [0.29, 0.717) is 17.9 Å². The zero-order valence-electron chi connectivity index (χ0n) is 12.1. The maximum atomic E-state index is 9.69. The summed E-state index contributed by atoms with van der Waals surface area (Å²) in [5.74, 6) is 0.523. The molecule has 1 N–H and O–H groups in total. The highest BCUT2D eigenvalue weighted by molar-refractivity contribution is 5.89. The molecule has 3 heteroatoms. The molecule has 0 saturated heterocycles. The number of hydrogen-bond donors (Lipinski definition) is 1. The van der Waals surface area contributed by atoms with Gasteiger partial charge in [0.2, 0.25) is 0 Å². The molecule has 0 aliphatic heterocycles. The zero-order chi connectivity index (χ0) is 15.2. The van der Waals surface area contributed by atoms with Crippen molar-refractivity contribution in [1.29, 1.82) is 5.26 Å². The number of ether oxygens (including phenoxy) is 1. The van der Waals surface area contributed by atoms with Crippen molar-refractivity contribution in [3.05, 3.63) is 59.2 Å². The van der Waals surface area contributed by atoms with Gasteiger partial charge < -0.3 is 9.84 Å². The molecule has 21 heavy (non-hydrogen) atoms. The van der Waals surface area contributed by atoms with Crippen LogP contribution < -0.4 is 4.74 Å². The van der Waals surface area contributed by atoms with E-state index < -0.39 is 0 Å². The van der Waals surface area contributed by atoms with Gasteiger partial charge in [0.1, 0.15) is 0 Å². The van der Waals surface area contributed by atoms with E-state index in [1.165, 1.54) is 0 Å². The van der Waals surface area contributed by atoms with Crippen LogP contribution in [0.25, 0.3) is 11.6 Å².